The first-order valence-corrected chi connectivity index (χ1v) is 11.6. The van der Waals surface area contributed by atoms with Crippen LogP contribution >= 0.6 is 27.7 Å². The standard InChI is InChI=1S/C24H19BrN4O2S/c1-16-6-2-3-7-17(16)14-26-28-22(30)15-32-24-27-21-9-5-4-8-20(21)23(31)29(24)19-12-10-18(25)11-13-19/h2-14H,15H2,1H3,(H,28,30)/b26-14-. The predicted octanol–water partition coefficient (Wildman–Crippen LogP) is 4.70. The molecule has 160 valence electrons. The van der Waals surface area contributed by atoms with Gasteiger partial charge in [-0.1, -0.05) is 64.1 Å². The van der Waals surface area contributed by atoms with Crippen molar-refractivity contribution in [1.82, 2.24) is 15.0 Å². The zero-order valence-electron chi connectivity index (χ0n) is 17.2. The van der Waals surface area contributed by atoms with Gasteiger partial charge >= 0.3 is 0 Å². The van der Waals surface area contributed by atoms with Gasteiger partial charge < -0.3 is 0 Å². The summed E-state index contributed by atoms with van der Waals surface area (Å²) in [6, 6.07) is 22.3. The molecule has 0 fully saturated rings. The normalized spacial score (nSPS) is 11.2. The van der Waals surface area contributed by atoms with Gasteiger partial charge in [0.15, 0.2) is 5.16 Å². The molecule has 0 saturated heterocycles. The lowest BCUT2D eigenvalue weighted by Crippen LogP contribution is -2.24. The van der Waals surface area contributed by atoms with Crippen molar-refractivity contribution in [2.24, 2.45) is 5.10 Å². The van der Waals surface area contributed by atoms with Gasteiger partial charge in [0.05, 0.1) is 28.6 Å². The molecule has 1 aromatic heterocycles. The first-order valence-electron chi connectivity index (χ1n) is 9.81. The molecular formula is C24H19BrN4O2S. The van der Waals surface area contributed by atoms with Gasteiger partial charge in [-0.3, -0.25) is 14.2 Å². The molecule has 1 N–H and O–H groups in total. The molecule has 4 rings (SSSR count). The van der Waals surface area contributed by atoms with Gasteiger partial charge in [-0.05, 0) is 54.4 Å². The van der Waals surface area contributed by atoms with E-state index in [2.05, 4.69) is 31.4 Å². The van der Waals surface area contributed by atoms with Crippen LogP contribution in [0.3, 0.4) is 0 Å². The lowest BCUT2D eigenvalue weighted by atomic mass is 10.1. The summed E-state index contributed by atoms with van der Waals surface area (Å²) in [6.07, 6.45) is 1.62. The van der Waals surface area contributed by atoms with Crippen LogP contribution in [0.15, 0.2) is 92.3 Å². The van der Waals surface area contributed by atoms with Crippen LogP contribution < -0.4 is 11.0 Å². The van der Waals surface area contributed by atoms with E-state index in [1.54, 1.807) is 18.3 Å². The fourth-order valence-electron chi connectivity index (χ4n) is 3.09. The summed E-state index contributed by atoms with van der Waals surface area (Å²) in [6.45, 7) is 1.98. The zero-order chi connectivity index (χ0) is 22.5. The van der Waals surface area contributed by atoms with Crippen molar-refractivity contribution in [3.8, 4) is 5.69 Å². The minimum absolute atomic E-state index is 0.0619. The highest BCUT2D eigenvalue weighted by Crippen LogP contribution is 2.22. The number of para-hydroxylation sites is 1. The van der Waals surface area contributed by atoms with E-state index in [0.717, 1.165) is 15.6 Å². The quantitative estimate of drug-likeness (QED) is 0.178. The van der Waals surface area contributed by atoms with Gasteiger partial charge in [-0.15, -0.1) is 0 Å². The monoisotopic (exact) mass is 506 g/mol. The number of hydrogen-bond donors (Lipinski definition) is 1. The molecular weight excluding hydrogens is 488 g/mol. The summed E-state index contributed by atoms with van der Waals surface area (Å²) >= 11 is 4.60. The van der Waals surface area contributed by atoms with E-state index < -0.39 is 0 Å². The first-order chi connectivity index (χ1) is 15.5. The molecule has 4 aromatic rings. The minimum Gasteiger partial charge on any atom is -0.272 e. The van der Waals surface area contributed by atoms with Crippen LogP contribution in [0.5, 0.6) is 0 Å². The van der Waals surface area contributed by atoms with Crippen molar-refractivity contribution >= 4 is 50.7 Å². The van der Waals surface area contributed by atoms with Crippen LogP contribution in [-0.4, -0.2) is 27.4 Å². The van der Waals surface area contributed by atoms with Crippen LogP contribution in [0.25, 0.3) is 16.6 Å². The Bertz CT molecular complexity index is 1370. The Morgan fingerprint density at radius 1 is 1.09 bits per heavy atom. The average molecular weight is 507 g/mol. The van der Waals surface area contributed by atoms with Crippen molar-refractivity contribution in [2.75, 3.05) is 5.75 Å². The van der Waals surface area contributed by atoms with Crippen molar-refractivity contribution in [1.29, 1.82) is 0 Å². The Labute approximate surface area is 197 Å². The number of nitrogens with one attached hydrogen (secondary N) is 1. The van der Waals surface area contributed by atoms with Gasteiger partial charge in [-0.25, -0.2) is 10.4 Å². The molecule has 0 aliphatic heterocycles. The number of nitrogens with zero attached hydrogens (tertiary/aromatic N) is 3. The molecule has 1 amide bonds. The maximum Gasteiger partial charge on any atom is 0.266 e. The van der Waals surface area contributed by atoms with E-state index in [1.807, 2.05) is 67.6 Å². The fraction of sp³-hybridized carbons (Fsp3) is 0.0833. The van der Waals surface area contributed by atoms with Crippen LogP contribution in [0.2, 0.25) is 0 Å². The Morgan fingerprint density at radius 3 is 2.59 bits per heavy atom. The summed E-state index contributed by atoms with van der Waals surface area (Å²) in [5.41, 5.74) is 5.62. The van der Waals surface area contributed by atoms with Gasteiger partial charge in [0.2, 0.25) is 0 Å². The maximum absolute atomic E-state index is 13.2. The number of thioether (sulfide) groups is 1. The van der Waals surface area contributed by atoms with Crippen LogP contribution in [-0.2, 0) is 4.79 Å². The summed E-state index contributed by atoms with van der Waals surface area (Å²) in [5, 5.41) is 5.00. The van der Waals surface area contributed by atoms with E-state index in [0.29, 0.717) is 21.7 Å². The highest BCUT2D eigenvalue weighted by molar-refractivity contribution is 9.10. The number of rotatable bonds is 6. The van der Waals surface area contributed by atoms with Crippen molar-refractivity contribution < 1.29 is 4.79 Å². The molecule has 0 aliphatic rings. The number of hydrazone groups is 1. The smallest absolute Gasteiger partial charge is 0.266 e. The number of amides is 1. The Morgan fingerprint density at radius 2 is 1.81 bits per heavy atom. The molecule has 0 atom stereocenters. The van der Waals surface area contributed by atoms with Gasteiger partial charge in [0.25, 0.3) is 11.5 Å². The van der Waals surface area contributed by atoms with Crippen LogP contribution in [0.4, 0.5) is 0 Å². The lowest BCUT2D eigenvalue weighted by Gasteiger charge is -2.13. The minimum atomic E-state index is -0.287. The largest absolute Gasteiger partial charge is 0.272 e. The highest BCUT2D eigenvalue weighted by Gasteiger charge is 2.14. The molecule has 1 heterocycles. The van der Waals surface area contributed by atoms with Gasteiger partial charge in [0, 0.05) is 4.47 Å². The SMILES string of the molecule is Cc1ccccc1/C=N\NC(=O)CSc1nc2ccccc2c(=O)n1-c1ccc(Br)cc1. The number of fused-ring (bicyclic) bond motifs is 1. The summed E-state index contributed by atoms with van der Waals surface area (Å²) in [5.74, 6) is -0.225. The van der Waals surface area contributed by atoms with Gasteiger partial charge in [-0.2, -0.15) is 5.10 Å². The Kier molecular flexibility index (Phi) is 6.82. The van der Waals surface area contributed by atoms with E-state index in [1.165, 1.54) is 16.3 Å². The third kappa shape index (κ3) is 4.98. The highest BCUT2D eigenvalue weighted by atomic mass is 79.9. The predicted molar refractivity (Wildman–Crippen MR) is 133 cm³/mol. The number of aryl methyl sites for hydroxylation is 1. The molecule has 0 aliphatic carbocycles. The summed E-state index contributed by atoms with van der Waals surface area (Å²) in [4.78, 5) is 30.2. The number of hydrogen-bond acceptors (Lipinski definition) is 5. The number of halogens is 1. The molecule has 0 radical (unpaired) electrons. The fourth-order valence-corrected chi connectivity index (χ4v) is 4.16. The molecule has 0 bridgehead atoms. The number of benzene rings is 3. The van der Waals surface area contributed by atoms with E-state index in [4.69, 9.17) is 0 Å². The van der Waals surface area contributed by atoms with Crippen molar-refractivity contribution in [3.05, 3.63) is 98.7 Å². The Hall–Kier alpha value is -3.23. The Balaban J connectivity index is 1.57. The zero-order valence-corrected chi connectivity index (χ0v) is 19.6. The number of carbonyl (C=O) groups excluding carboxylic acids is 1. The maximum atomic E-state index is 13.2. The van der Waals surface area contributed by atoms with E-state index in [-0.39, 0.29) is 17.2 Å². The number of carbonyl (C=O) groups is 1. The lowest BCUT2D eigenvalue weighted by molar-refractivity contribution is -0.118. The van der Waals surface area contributed by atoms with Crippen LogP contribution in [0.1, 0.15) is 11.1 Å². The molecule has 6 nitrogen and oxygen atoms in total. The van der Waals surface area contributed by atoms with E-state index in [9.17, 15) is 9.59 Å². The molecule has 32 heavy (non-hydrogen) atoms. The second kappa shape index (κ2) is 9.93. The molecule has 3 aromatic carbocycles. The summed E-state index contributed by atoms with van der Waals surface area (Å²) < 4.78 is 2.44. The second-order valence-electron chi connectivity index (χ2n) is 6.97. The second-order valence-corrected chi connectivity index (χ2v) is 8.83. The summed E-state index contributed by atoms with van der Waals surface area (Å²) in [7, 11) is 0. The first kappa shape index (κ1) is 22.0. The molecule has 0 saturated carbocycles. The molecule has 0 spiro atoms. The third-order valence-corrected chi connectivity index (χ3v) is 6.21. The topological polar surface area (TPSA) is 76.3 Å². The van der Waals surface area contributed by atoms with Crippen molar-refractivity contribution in [2.45, 2.75) is 12.1 Å². The van der Waals surface area contributed by atoms with Crippen molar-refractivity contribution in [3.63, 3.8) is 0 Å². The third-order valence-electron chi connectivity index (χ3n) is 4.74. The van der Waals surface area contributed by atoms with Crippen LogP contribution in [0, 0.1) is 6.92 Å². The van der Waals surface area contributed by atoms with E-state index >= 15 is 0 Å². The number of aromatic nitrogens is 2. The molecule has 0 unspecified atom stereocenters. The average Bonchev–Trinajstić information content (AvgIpc) is 2.80. The molecule has 8 heteroatoms. The van der Waals surface area contributed by atoms with Gasteiger partial charge in [0.1, 0.15) is 0 Å².